The second-order valence-electron chi connectivity index (χ2n) is 2.15. The molecule has 0 aliphatic rings. The Bertz CT molecular complexity index is 296. The van der Waals surface area contributed by atoms with Gasteiger partial charge in [-0.3, -0.25) is 0 Å². The van der Waals surface area contributed by atoms with Crippen LogP contribution in [0, 0.1) is 0 Å². The molecular weight excluding hydrogens is 333 g/mol. The molecule has 0 unspecified atom stereocenters. The third-order valence-corrected chi connectivity index (χ3v) is 3.59. The van der Waals surface area contributed by atoms with E-state index < -0.39 is 5.97 Å². The summed E-state index contributed by atoms with van der Waals surface area (Å²) in [5.74, 6) is -0.782. The van der Waals surface area contributed by atoms with Gasteiger partial charge in [-0.15, -0.1) is 0 Å². The Labute approximate surface area is 79.6 Å². The monoisotopic (exact) mass is 339 g/mol. The molecule has 2 N–H and O–H groups in total. The predicted octanol–water partition coefficient (Wildman–Crippen LogP) is 0.262. The molecular formula is C7H5HgO3. The van der Waals surface area contributed by atoms with Gasteiger partial charge in [-0.1, -0.05) is 0 Å². The van der Waals surface area contributed by atoms with Crippen LogP contribution in [0.3, 0.4) is 0 Å². The van der Waals surface area contributed by atoms with Gasteiger partial charge < -0.3 is 0 Å². The van der Waals surface area contributed by atoms with Crippen molar-refractivity contribution in [2.24, 2.45) is 0 Å². The number of aromatic hydroxyl groups is 1. The van der Waals surface area contributed by atoms with Crippen LogP contribution < -0.4 is 3.07 Å². The number of carboxylic acids is 1. The van der Waals surface area contributed by atoms with Gasteiger partial charge in [0.1, 0.15) is 0 Å². The first-order valence-corrected chi connectivity index (χ1v) is 5.74. The number of phenols is 1. The van der Waals surface area contributed by atoms with Crippen LogP contribution in [0.4, 0.5) is 0 Å². The number of benzene rings is 1. The Kier molecular flexibility index (Phi) is 2.49. The number of aromatic carboxylic acids is 1. The third-order valence-electron chi connectivity index (χ3n) is 1.32. The standard InChI is InChI=1S/C7H5O3.Hg/c8-6-3-1-5(2-4-6)7(9)10;/h1,3-4,8H,(H,9,10);. The first-order valence-electron chi connectivity index (χ1n) is 2.99. The molecule has 0 bridgehead atoms. The fraction of sp³-hybridized carbons (Fsp3) is 0. The number of rotatable bonds is 1. The van der Waals surface area contributed by atoms with E-state index in [-0.39, 0.29) is 31.9 Å². The zero-order valence-corrected chi connectivity index (χ0v) is 11.2. The summed E-state index contributed by atoms with van der Waals surface area (Å²) in [6.45, 7) is 0. The molecule has 0 spiro atoms. The predicted molar refractivity (Wildman–Crippen MR) is 34.7 cm³/mol. The average molecular weight is 338 g/mol. The average Bonchev–Trinajstić information content (AvgIpc) is 1.85. The number of hydrogen-bond donors (Lipinski definition) is 2. The molecule has 3 nitrogen and oxygen atoms in total. The van der Waals surface area contributed by atoms with Crippen molar-refractivity contribution in [2.75, 3.05) is 0 Å². The van der Waals surface area contributed by atoms with Gasteiger partial charge in [0, 0.05) is 0 Å². The SMILES string of the molecule is O=C(O)c1ccc(O)c[c]1[Hg]. The van der Waals surface area contributed by atoms with Crippen LogP contribution >= 0.6 is 0 Å². The Morgan fingerprint density at radius 3 is 2.55 bits per heavy atom. The van der Waals surface area contributed by atoms with E-state index in [1.165, 1.54) is 18.2 Å². The van der Waals surface area contributed by atoms with Crippen LogP contribution in [0.15, 0.2) is 18.2 Å². The molecule has 53 valence electrons. The molecule has 0 aliphatic carbocycles. The third kappa shape index (κ3) is 1.93. The van der Waals surface area contributed by atoms with Crippen LogP contribution in [-0.2, 0) is 26.1 Å². The first kappa shape index (κ1) is 8.52. The van der Waals surface area contributed by atoms with Gasteiger partial charge in [0.05, 0.1) is 0 Å². The van der Waals surface area contributed by atoms with Crippen molar-refractivity contribution in [1.82, 2.24) is 0 Å². The van der Waals surface area contributed by atoms with E-state index >= 15 is 0 Å². The van der Waals surface area contributed by atoms with Crippen molar-refractivity contribution < 1.29 is 41.1 Å². The maximum atomic E-state index is 10.5. The molecule has 0 saturated carbocycles. The van der Waals surface area contributed by atoms with Crippen LogP contribution in [0.1, 0.15) is 10.4 Å². The second kappa shape index (κ2) is 3.22. The number of carbonyl (C=O) groups is 1. The van der Waals surface area contributed by atoms with E-state index in [9.17, 15) is 4.79 Å². The molecule has 0 aliphatic heterocycles. The van der Waals surface area contributed by atoms with Crippen LogP contribution in [-0.4, -0.2) is 16.2 Å². The summed E-state index contributed by atoms with van der Waals surface area (Å²) >= 11 is 0.227. The summed E-state index contributed by atoms with van der Waals surface area (Å²) in [6, 6.07) is 4.33. The van der Waals surface area contributed by atoms with Gasteiger partial charge in [0.25, 0.3) is 0 Å². The minimum absolute atomic E-state index is 0.139. The van der Waals surface area contributed by atoms with E-state index in [1.54, 1.807) is 0 Å². The molecule has 0 aromatic heterocycles. The summed E-state index contributed by atoms with van der Waals surface area (Å²) in [7, 11) is 0. The van der Waals surface area contributed by atoms with Crippen LogP contribution in [0.2, 0.25) is 0 Å². The van der Waals surface area contributed by atoms with Gasteiger partial charge in [-0.25, -0.2) is 0 Å². The van der Waals surface area contributed by atoms with Crippen LogP contribution in [0.5, 0.6) is 5.75 Å². The van der Waals surface area contributed by atoms with Gasteiger partial charge in [-0.05, 0) is 0 Å². The number of hydrogen-bond acceptors (Lipinski definition) is 2. The Balaban J connectivity index is 3.20. The van der Waals surface area contributed by atoms with Crippen molar-refractivity contribution in [2.45, 2.75) is 0 Å². The maximum absolute atomic E-state index is 10.5. The molecule has 0 heterocycles. The molecule has 1 aromatic rings. The molecule has 1 aromatic carbocycles. The normalized spacial score (nSPS) is 9.64. The van der Waals surface area contributed by atoms with Gasteiger partial charge in [0.15, 0.2) is 0 Å². The molecule has 0 radical (unpaired) electrons. The molecule has 11 heavy (non-hydrogen) atoms. The Morgan fingerprint density at radius 1 is 1.45 bits per heavy atom. The number of carboxylic acid groups (broad SMARTS) is 1. The van der Waals surface area contributed by atoms with Crippen molar-refractivity contribution in [3.63, 3.8) is 0 Å². The minimum atomic E-state index is -0.921. The molecule has 1 rings (SSSR count). The Hall–Kier alpha value is -0.575. The molecule has 0 fully saturated rings. The first-order chi connectivity index (χ1) is 5.11. The molecule has 0 atom stereocenters. The molecule has 0 amide bonds. The van der Waals surface area contributed by atoms with Gasteiger partial charge >= 0.3 is 79.7 Å². The van der Waals surface area contributed by atoms with Gasteiger partial charge in [-0.2, -0.15) is 0 Å². The van der Waals surface area contributed by atoms with Crippen molar-refractivity contribution in [3.8, 4) is 5.75 Å². The summed E-state index contributed by atoms with van der Waals surface area (Å²) < 4.78 is 0.762. The van der Waals surface area contributed by atoms with E-state index in [1.807, 2.05) is 0 Å². The summed E-state index contributed by atoms with van der Waals surface area (Å²) in [5, 5.41) is 17.6. The van der Waals surface area contributed by atoms with E-state index in [0.29, 0.717) is 5.56 Å². The van der Waals surface area contributed by atoms with E-state index in [2.05, 4.69) is 0 Å². The van der Waals surface area contributed by atoms with E-state index in [4.69, 9.17) is 10.2 Å². The fourth-order valence-corrected chi connectivity index (χ4v) is 2.65. The summed E-state index contributed by atoms with van der Waals surface area (Å²) in [5.41, 5.74) is 0.311. The Morgan fingerprint density at radius 2 is 2.09 bits per heavy atom. The molecule has 0 saturated heterocycles. The topological polar surface area (TPSA) is 57.5 Å². The number of phenolic OH excluding ortho intramolecular Hbond substituents is 1. The van der Waals surface area contributed by atoms with Gasteiger partial charge in [0.2, 0.25) is 0 Å². The van der Waals surface area contributed by atoms with Crippen molar-refractivity contribution >= 4 is 9.04 Å². The van der Waals surface area contributed by atoms with Crippen molar-refractivity contribution in [3.05, 3.63) is 23.8 Å². The zero-order chi connectivity index (χ0) is 8.43. The summed E-state index contributed by atoms with van der Waals surface area (Å²) in [4.78, 5) is 10.5. The zero-order valence-electron chi connectivity index (χ0n) is 5.74. The quantitative estimate of drug-likeness (QED) is 0.723. The molecule has 4 heteroatoms. The fourth-order valence-electron chi connectivity index (χ4n) is 0.789. The van der Waals surface area contributed by atoms with Crippen molar-refractivity contribution in [1.29, 1.82) is 0 Å². The summed E-state index contributed by atoms with van der Waals surface area (Å²) in [6.07, 6.45) is 0. The van der Waals surface area contributed by atoms with Crippen LogP contribution in [0.25, 0.3) is 0 Å². The second-order valence-corrected chi connectivity index (χ2v) is 5.11. The van der Waals surface area contributed by atoms with E-state index in [0.717, 1.165) is 3.07 Å².